The third kappa shape index (κ3) is 4.47. The van der Waals surface area contributed by atoms with Crippen LogP contribution >= 0.6 is 0 Å². The Morgan fingerprint density at radius 2 is 1.92 bits per heavy atom. The van der Waals surface area contributed by atoms with Crippen LogP contribution in [0.2, 0.25) is 0 Å². The van der Waals surface area contributed by atoms with E-state index in [1.807, 2.05) is 4.90 Å². The van der Waals surface area contributed by atoms with Crippen LogP contribution in [-0.4, -0.2) is 69.4 Å². The highest BCUT2D eigenvalue weighted by molar-refractivity contribution is 5.92. The van der Waals surface area contributed by atoms with Crippen molar-refractivity contribution < 1.29 is 24.5 Å². The van der Waals surface area contributed by atoms with Crippen molar-refractivity contribution in [3.05, 3.63) is 23.8 Å². The standard InChI is InChI=1S/C17H25FN4O4/c1-11-4-7-22(10-11)12-5-8-21(9-6-12)14-3-2-13(19-15(14)18)16(23)20-17(24,25)26/h2-3,11-12,24-26H,4-10H2,1H3,(H,20,23)/t11-/m0/s1. The van der Waals surface area contributed by atoms with E-state index in [1.54, 1.807) is 0 Å². The highest BCUT2D eigenvalue weighted by atomic mass is 19.1. The van der Waals surface area contributed by atoms with Crippen molar-refractivity contribution in [2.24, 2.45) is 5.92 Å². The maximum Gasteiger partial charge on any atom is 0.369 e. The van der Waals surface area contributed by atoms with Crippen molar-refractivity contribution in [2.45, 2.75) is 38.3 Å². The Morgan fingerprint density at radius 3 is 2.46 bits per heavy atom. The third-order valence-electron chi connectivity index (χ3n) is 5.12. The van der Waals surface area contributed by atoms with Crippen molar-refractivity contribution in [1.29, 1.82) is 0 Å². The van der Waals surface area contributed by atoms with Gasteiger partial charge in [-0.25, -0.2) is 4.98 Å². The number of aliphatic hydroxyl groups is 3. The van der Waals surface area contributed by atoms with Gasteiger partial charge in [-0.3, -0.25) is 15.0 Å². The van der Waals surface area contributed by atoms with Gasteiger partial charge in [0.25, 0.3) is 5.91 Å². The Hall–Kier alpha value is -1.81. The molecule has 2 saturated heterocycles. The van der Waals surface area contributed by atoms with Crippen molar-refractivity contribution in [3.8, 4) is 0 Å². The molecule has 8 nitrogen and oxygen atoms in total. The molecule has 9 heteroatoms. The quantitative estimate of drug-likeness (QED) is 0.432. The van der Waals surface area contributed by atoms with Crippen LogP contribution in [0.5, 0.6) is 0 Å². The fourth-order valence-corrected chi connectivity index (χ4v) is 3.78. The summed E-state index contributed by atoms with van der Waals surface area (Å²) >= 11 is 0. The number of halogens is 1. The van der Waals surface area contributed by atoms with E-state index in [9.17, 15) is 9.18 Å². The molecule has 1 aromatic rings. The molecule has 3 heterocycles. The molecule has 0 bridgehead atoms. The van der Waals surface area contributed by atoms with Crippen molar-refractivity contribution in [1.82, 2.24) is 15.2 Å². The molecular weight excluding hydrogens is 343 g/mol. The number of piperidine rings is 1. The van der Waals surface area contributed by atoms with Gasteiger partial charge in [-0.05, 0) is 43.9 Å². The van der Waals surface area contributed by atoms with Gasteiger partial charge in [0, 0.05) is 25.7 Å². The minimum absolute atomic E-state index is 0.318. The van der Waals surface area contributed by atoms with Gasteiger partial charge >= 0.3 is 6.10 Å². The van der Waals surface area contributed by atoms with Gasteiger partial charge in [0.15, 0.2) is 0 Å². The molecule has 0 unspecified atom stereocenters. The predicted molar refractivity (Wildman–Crippen MR) is 91.6 cm³/mol. The summed E-state index contributed by atoms with van der Waals surface area (Å²) in [5.74, 6) is -1.15. The lowest BCUT2D eigenvalue weighted by atomic mass is 10.0. The lowest BCUT2D eigenvalue weighted by Crippen LogP contribution is -2.48. The summed E-state index contributed by atoms with van der Waals surface area (Å²) in [6, 6.07) is 3.26. The zero-order valence-electron chi connectivity index (χ0n) is 14.7. The molecule has 0 saturated carbocycles. The molecule has 0 spiro atoms. The normalized spacial score (nSPS) is 22.7. The van der Waals surface area contributed by atoms with Gasteiger partial charge in [-0.1, -0.05) is 6.92 Å². The number of hydrogen-bond acceptors (Lipinski definition) is 7. The first kappa shape index (κ1) is 19.0. The van der Waals surface area contributed by atoms with E-state index in [0.717, 1.165) is 31.8 Å². The van der Waals surface area contributed by atoms with E-state index < -0.39 is 18.0 Å². The number of anilines is 1. The van der Waals surface area contributed by atoms with Crippen LogP contribution in [0.3, 0.4) is 0 Å². The third-order valence-corrected chi connectivity index (χ3v) is 5.12. The first-order valence-corrected chi connectivity index (χ1v) is 8.88. The van der Waals surface area contributed by atoms with E-state index in [4.69, 9.17) is 15.3 Å². The molecule has 1 amide bonds. The molecule has 144 valence electrons. The van der Waals surface area contributed by atoms with Crippen molar-refractivity contribution in [2.75, 3.05) is 31.1 Å². The summed E-state index contributed by atoms with van der Waals surface area (Å²) in [6.07, 6.45) is -0.227. The summed E-state index contributed by atoms with van der Waals surface area (Å²) in [5.41, 5.74) is -0.0354. The fraction of sp³-hybridized carbons (Fsp3) is 0.647. The Bertz CT molecular complexity index is 659. The fourth-order valence-electron chi connectivity index (χ4n) is 3.78. The highest BCUT2D eigenvalue weighted by Gasteiger charge is 2.30. The second kappa shape index (κ2) is 7.43. The minimum atomic E-state index is -3.37. The number of amides is 1. The van der Waals surface area contributed by atoms with Crippen LogP contribution in [0.4, 0.5) is 10.1 Å². The SMILES string of the molecule is C[C@H]1CCN(C2CCN(c3ccc(C(=O)NC(O)(O)O)nc3F)CC2)C1. The Labute approximate surface area is 151 Å². The molecule has 1 aromatic heterocycles. The number of nitrogens with one attached hydrogen (secondary N) is 1. The number of nitrogens with zero attached hydrogens (tertiary/aromatic N) is 3. The van der Waals surface area contributed by atoms with Crippen LogP contribution in [0.25, 0.3) is 0 Å². The number of carbonyl (C=O) groups excluding carboxylic acids is 1. The van der Waals surface area contributed by atoms with Crippen LogP contribution in [0.15, 0.2) is 12.1 Å². The number of likely N-dealkylation sites (tertiary alicyclic amines) is 1. The topological polar surface area (TPSA) is 109 Å². The Morgan fingerprint density at radius 1 is 1.23 bits per heavy atom. The van der Waals surface area contributed by atoms with Gasteiger partial charge in [0.2, 0.25) is 5.95 Å². The first-order chi connectivity index (χ1) is 12.2. The molecule has 0 aliphatic carbocycles. The van der Waals surface area contributed by atoms with Crippen LogP contribution in [0.1, 0.15) is 36.7 Å². The average Bonchev–Trinajstić information content (AvgIpc) is 3.00. The molecule has 26 heavy (non-hydrogen) atoms. The Kier molecular flexibility index (Phi) is 5.42. The summed E-state index contributed by atoms with van der Waals surface area (Å²) in [7, 11) is 0. The van der Waals surface area contributed by atoms with Crippen LogP contribution in [-0.2, 0) is 0 Å². The number of aromatic nitrogens is 1. The molecule has 0 aromatic carbocycles. The zero-order chi connectivity index (χ0) is 18.9. The summed E-state index contributed by atoms with van der Waals surface area (Å²) in [6.45, 7) is 5.96. The maximum atomic E-state index is 14.3. The molecule has 1 atom stereocenters. The van der Waals surface area contributed by atoms with E-state index in [1.165, 1.54) is 23.9 Å². The van der Waals surface area contributed by atoms with E-state index in [0.29, 0.717) is 24.8 Å². The van der Waals surface area contributed by atoms with Gasteiger partial charge in [-0.15, -0.1) is 0 Å². The predicted octanol–water partition coefficient (Wildman–Crippen LogP) is -0.151. The van der Waals surface area contributed by atoms with Gasteiger partial charge in [-0.2, -0.15) is 4.39 Å². The van der Waals surface area contributed by atoms with E-state index in [-0.39, 0.29) is 5.69 Å². The lowest BCUT2D eigenvalue weighted by molar-refractivity contribution is -0.323. The zero-order valence-corrected chi connectivity index (χ0v) is 14.7. The van der Waals surface area contributed by atoms with Crippen molar-refractivity contribution >= 4 is 11.6 Å². The molecule has 2 aliphatic rings. The Balaban J connectivity index is 1.61. The minimum Gasteiger partial charge on any atom is -0.368 e. The second-order valence-corrected chi connectivity index (χ2v) is 7.20. The monoisotopic (exact) mass is 368 g/mol. The molecule has 2 aliphatic heterocycles. The van der Waals surface area contributed by atoms with Crippen LogP contribution in [0, 0.1) is 11.9 Å². The smallest absolute Gasteiger partial charge is 0.368 e. The average molecular weight is 368 g/mol. The summed E-state index contributed by atoms with van der Waals surface area (Å²) in [4.78, 5) is 19.7. The number of rotatable bonds is 4. The molecule has 0 radical (unpaired) electrons. The molecule has 4 N–H and O–H groups in total. The number of pyridine rings is 1. The summed E-state index contributed by atoms with van der Waals surface area (Å²) < 4.78 is 14.3. The van der Waals surface area contributed by atoms with Gasteiger partial charge < -0.3 is 20.2 Å². The molecule has 2 fully saturated rings. The van der Waals surface area contributed by atoms with E-state index in [2.05, 4.69) is 16.8 Å². The van der Waals surface area contributed by atoms with Crippen molar-refractivity contribution in [3.63, 3.8) is 0 Å². The largest absolute Gasteiger partial charge is 0.369 e. The van der Waals surface area contributed by atoms with E-state index >= 15 is 0 Å². The second-order valence-electron chi connectivity index (χ2n) is 7.20. The number of carbonyl (C=O) groups is 1. The molecular formula is C17H25FN4O4. The molecule has 3 rings (SSSR count). The number of hydrogen-bond donors (Lipinski definition) is 4. The highest BCUT2D eigenvalue weighted by Crippen LogP contribution is 2.27. The van der Waals surface area contributed by atoms with Gasteiger partial charge in [0.05, 0.1) is 5.69 Å². The first-order valence-electron chi connectivity index (χ1n) is 8.88. The van der Waals surface area contributed by atoms with Crippen LogP contribution < -0.4 is 10.2 Å². The van der Waals surface area contributed by atoms with Gasteiger partial charge in [0.1, 0.15) is 5.69 Å². The maximum absolute atomic E-state index is 14.3. The lowest BCUT2D eigenvalue weighted by Gasteiger charge is -2.37. The summed E-state index contributed by atoms with van der Waals surface area (Å²) in [5, 5.41) is 27.7.